The van der Waals surface area contributed by atoms with Crippen molar-refractivity contribution in [2.24, 2.45) is 0 Å². The standard InChI is InChI=1S/C10H5I2NO2S2/c11-5-1-4(8(14)6(12)3-5)2-7-9(15)13-10(16)17-7/h1-3,14H,(H,13,15,16)/b7-2+. The molecule has 0 saturated carbocycles. The number of nitrogens with one attached hydrogen (secondary N) is 1. The zero-order valence-electron chi connectivity index (χ0n) is 8.16. The van der Waals surface area contributed by atoms with Gasteiger partial charge in [-0.25, -0.2) is 0 Å². The summed E-state index contributed by atoms with van der Waals surface area (Å²) >= 11 is 10.3. The van der Waals surface area contributed by atoms with Gasteiger partial charge in [-0.05, 0) is 63.4 Å². The highest BCUT2D eigenvalue weighted by Gasteiger charge is 2.22. The molecule has 1 aliphatic heterocycles. The van der Waals surface area contributed by atoms with Gasteiger partial charge < -0.3 is 10.4 Å². The number of phenolic OH excluding ortho intramolecular Hbond substituents is 1. The number of phenols is 1. The largest absolute Gasteiger partial charge is 0.506 e. The number of benzene rings is 1. The monoisotopic (exact) mass is 489 g/mol. The minimum absolute atomic E-state index is 0.185. The summed E-state index contributed by atoms with van der Waals surface area (Å²) in [6.45, 7) is 0. The van der Waals surface area contributed by atoms with E-state index in [2.05, 4.69) is 50.5 Å². The first-order chi connectivity index (χ1) is 7.97. The number of amides is 1. The van der Waals surface area contributed by atoms with Crippen molar-refractivity contribution < 1.29 is 9.90 Å². The number of carbonyl (C=O) groups excluding carboxylic acids is 1. The summed E-state index contributed by atoms with van der Waals surface area (Å²) < 4.78 is 2.20. The third-order valence-corrected chi connectivity index (χ3v) is 4.59. The van der Waals surface area contributed by atoms with E-state index in [-0.39, 0.29) is 11.7 Å². The molecule has 1 heterocycles. The van der Waals surface area contributed by atoms with E-state index in [1.807, 2.05) is 12.1 Å². The maximum absolute atomic E-state index is 11.5. The lowest BCUT2D eigenvalue weighted by Crippen LogP contribution is -2.17. The molecule has 0 spiro atoms. The van der Waals surface area contributed by atoms with E-state index in [9.17, 15) is 9.90 Å². The molecule has 2 rings (SSSR count). The third kappa shape index (κ3) is 3.12. The number of hydrogen-bond donors (Lipinski definition) is 2. The molecular formula is C10H5I2NO2S2. The third-order valence-electron chi connectivity index (χ3n) is 1.99. The van der Waals surface area contributed by atoms with E-state index >= 15 is 0 Å². The van der Waals surface area contributed by atoms with E-state index in [1.165, 1.54) is 11.8 Å². The van der Waals surface area contributed by atoms with Crippen molar-refractivity contribution in [3.05, 3.63) is 29.7 Å². The second-order valence-electron chi connectivity index (χ2n) is 3.18. The summed E-state index contributed by atoms with van der Waals surface area (Å²) in [5.41, 5.74) is 0.628. The molecule has 0 radical (unpaired) electrons. The van der Waals surface area contributed by atoms with Crippen LogP contribution in [0.2, 0.25) is 0 Å². The van der Waals surface area contributed by atoms with Crippen LogP contribution in [0.3, 0.4) is 0 Å². The van der Waals surface area contributed by atoms with Gasteiger partial charge in [-0.3, -0.25) is 4.79 Å². The molecule has 1 aliphatic rings. The van der Waals surface area contributed by atoms with Gasteiger partial charge in [-0.1, -0.05) is 24.0 Å². The molecule has 88 valence electrons. The van der Waals surface area contributed by atoms with E-state index in [1.54, 1.807) is 6.08 Å². The van der Waals surface area contributed by atoms with Gasteiger partial charge in [0.25, 0.3) is 5.91 Å². The molecule has 1 aromatic rings. The van der Waals surface area contributed by atoms with Crippen molar-refractivity contribution in [2.75, 3.05) is 0 Å². The van der Waals surface area contributed by atoms with Crippen LogP contribution in [0.15, 0.2) is 17.0 Å². The number of halogens is 2. The van der Waals surface area contributed by atoms with E-state index in [4.69, 9.17) is 12.2 Å². The smallest absolute Gasteiger partial charge is 0.263 e. The maximum Gasteiger partial charge on any atom is 0.263 e. The molecular weight excluding hydrogens is 484 g/mol. The van der Waals surface area contributed by atoms with Gasteiger partial charge in [0, 0.05) is 9.13 Å². The fraction of sp³-hybridized carbons (Fsp3) is 0. The van der Waals surface area contributed by atoms with E-state index < -0.39 is 0 Å². The van der Waals surface area contributed by atoms with E-state index in [0.717, 1.165) is 7.14 Å². The summed E-state index contributed by atoms with van der Waals surface area (Å²) in [7, 11) is 0. The van der Waals surface area contributed by atoms with Gasteiger partial charge in [-0.15, -0.1) is 0 Å². The minimum atomic E-state index is -0.215. The second kappa shape index (κ2) is 5.41. The van der Waals surface area contributed by atoms with Crippen molar-refractivity contribution >= 4 is 85.5 Å². The van der Waals surface area contributed by atoms with Gasteiger partial charge in [0.15, 0.2) is 0 Å². The topological polar surface area (TPSA) is 49.3 Å². The molecule has 0 unspecified atom stereocenters. The maximum atomic E-state index is 11.5. The van der Waals surface area contributed by atoms with Crippen molar-refractivity contribution in [1.82, 2.24) is 5.32 Å². The first-order valence-corrected chi connectivity index (χ1v) is 7.78. The molecule has 17 heavy (non-hydrogen) atoms. The molecule has 1 fully saturated rings. The SMILES string of the molecule is O=C1NC(=S)S/C1=C/c1cc(I)cc(I)c1O. The van der Waals surface area contributed by atoms with Gasteiger partial charge >= 0.3 is 0 Å². The summed E-state index contributed by atoms with van der Waals surface area (Å²) in [6.07, 6.45) is 1.65. The number of thioether (sulfide) groups is 1. The lowest BCUT2D eigenvalue weighted by atomic mass is 10.2. The summed E-state index contributed by atoms with van der Waals surface area (Å²) in [5, 5.41) is 12.4. The van der Waals surface area contributed by atoms with Crippen LogP contribution in [0.25, 0.3) is 6.08 Å². The van der Waals surface area contributed by atoms with Crippen molar-refractivity contribution in [3.8, 4) is 5.75 Å². The molecule has 1 amide bonds. The molecule has 1 aromatic carbocycles. The molecule has 2 N–H and O–H groups in total. The van der Waals surface area contributed by atoms with Crippen molar-refractivity contribution in [1.29, 1.82) is 0 Å². The lowest BCUT2D eigenvalue weighted by molar-refractivity contribution is -0.115. The van der Waals surface area contributed by atoms with Gasteiger partial charge in [-0.2, -0.15) is 0 Å². The first kappa shape index (κ1) is 13.6. The number of rotatable bonds is 1. The van der Waals surface area contributed by atoms with Crippen LogP contribution in [0.5, 0.6) is 5.75 Å². The zero-order chi connectivity index (χ0) is 12.6. The van der Waals surface area contributed by atoms with Crippen molar-refractivity contribution in [3.63, 3.8) is 0 Å². The average molecular weight is 489 g/mol. The highest BCUT2D eigenvalue weighted by molar-refractivity contribution is 14.1. The normalized spacial score (nSPS) is 17.6. The van der Waals surface area contributed by atoms with Crippen LogP contribution in [-0.4, -0.2) is 15.3 Å². The van der Waals surface area contributed by atoms with Crippen LogP contribution in [0, 0.1) is 7.14 Å². The Bertz CT molecular complexity index is 557. The summed E-state index contributed by atoms with van der Waals surface area (Å²) in [5.74, 6) is -0.0296. The Hall–Kier alpha value is 0.130. The second-order valence-corrected chi connectivity index (χ2v) is 7.30. The minimum Gasteiger partial charge on any atom is -0.506 e. The predicted octanol–water partition coefficient (Wildman–Crippen LogP) is 3.09. The van der Waals surface area contributed by atoms with Crippen LogP contribution < -0.4 is 5.32 Å². The number of aromatic hydroxyl groups is 1. The zero-order valence-corrected chi connectivity index (χ0v) is 14.1. The highest BCUT2D eigenvalue weighted by Crippen LogP contribution is 2.32. The van der Waals surface area contributed by atoms with Crippen molar-refractivity contribution in [2.45, 2.75) is 0 Å². The van der Waals surface area contributed by atoms with Crippen LogP contribution in [-0.2, 0) is 4.79 Å². The van der Waals surface area contributed by atoms with Gasteiger partial charge in [0.05, 0.1) is 8.48 Å². The molecule has 0 bridgehead atoms. The molecule has 7 heteroatoms. The lowest BCUT2D eigenvalue weighted by Gasteiger charge is -2.03. The van der Waals surface area contributed by atoms with Crippen LogP contribution in [0.4, 0.5) is 0 Å². The summed E-state index contributed by atoms with van der Waals surface area (Å²) in [6, 6.07) is 3.69. The number of thiocarbonyl (C=S) groups is 1. The average Bonchev–Trinajstić information content (AvgIpc) is 2.53. The predicted molar refractivity (Wildman–Crippen MR) is 89.8 cm³/mol. The Morgan fingerprint density at radius 2 is 2.12 bits per heavy atom. The number of hydrogen-bond acceptors (Lipinski definition) is 4. The molecule has 0 atom stereocenters. The Balaban J connectivity index is 2.46. The summed E-state index contributed by atoms with van der Waals surface area (Å²) in [4.78, 5) is 12.0. The molecule has 1 saturated heterocycles. The Morgan fingerprint density at radius 1 is 1.41 bits per heavy atom. The Labute approximate surface area is 135 Å². The highest BCUT2D eigenvalue weighted by atomic mass is 127. The first-order valence-electron chi connectivity index (χ1n) is 4.40. The molecule has 3 nitrogen and oxygen atoms in total. The number of carbonyl (C=O) groups is 1. The van der Waals surface area contributed by atoms with Crippen LogP contribution >= 0.6 is 69.2 Å². The molecule has 0 aliphatic carbocycles. The molecule has 0 aromatic heterocycles. The van der Waals surface area contributed by atoms with Crippen LogP contribution in [0.1, 0.15) is 5.56 Å². The fourth-order valence-corrected chi connectivity index (χ4v) is 4.18. The Kier molecular flexibility index (Phi) is 4.31. The fourth-order valence-electron chi connectivity index (χ4n) is 1.26. The van der Waals surface area contributed by atoms with Gasteiger partial charge in [0.2, 0.25) is 0 Å². The quantitative estimate of drug-likeness (QED) is 0.362. The Morgan fingerprint density at radius 3 is 2.71 bits per heavy atom. The van der Waals surface area contributed by atoms with Gasteiger partial charge in [0.1, 0.15) is 10.1 Å². The van der Waals surface area contributed by atoms with E-state index in [0.29, 0.717) is 14.8 Å².